The number of rotatable bonds is 3. The fourth-order valence-corrected chi connectivity index (χ4v) is 1.98. The third-order valence-corrected chi connectivity index (χ3v) is 3.31. The minimum absolute atomic E-state index is 0.259. The van der Waals surface area contributed by atoms with Crippen molar-refractivity contribution in [1.82, 2.24) is 4.90 Å². The highest BCUT2D eigenvalue weighted by Gasteiger charge is 2.38. The van der Waals surface area contributed by atoms with Gasteiger partial charge in [0.25, 0.3) is 0 Å². The topological polar surface area (TPSA) is 53.0 Å². The number of nitrogens with zero attached hydrogens (tertiary/aromatic N) is 2. The summed E-state index contributed by atoms with van der Waals surface area (Å²) in [6.07, 6.45) is 0.632. The van der Waals surface area contributed by atoms with E-state index in [2.05, 4.69) is 24.8 Å². The Morgan fingerprint density at radius 2 is 2.38 bits per heavy atom. The van der Waals surface area contributed by atoms with Gasteiger partial charge in [-0.25, -0.2) is 0 Å². The molecule has 0 aromatic carbocycles. The first kappa shape index (κ1) is 10.5. The van der Waals surface area contributed by atoms with E-state index in [9.17, 15) is 0 Å². The minimum Gasteiger partial charge on any atom is -0.330 e. The maximum absolute atomic E-state index is 8.48. The molecule has 0 amide bonds. The fourth-order valence-electron chi connectivity index (χ4n) is 1.98. The number of likely N-dealkylation sites (tertiary alicyclic amines) is 1. The minimum atomic E-state index is 0.259. The average Bonchev–Trinajstić information content (AvgIpc) is 2.40. The molecule has 0 radical (unpaired) electrons. The van der Waals surface area contributed by atoms with Crippen LogP contribution in [-0.4, -0.2) is 31.1 Å². The highest BCUT2D eigenvalue weighted by Crippen LogP contribution is 2.34. The van der Waals surface area contributed by atoms with Gasteiger partial charge < -0.3 is 10.6 Å². The van der Waals surface area contributed by atoms with Gasteiger partial charge in [-0.1, -0.05) is 13.8 Å². The van der Waals surface area contributed by atoms with Crippen LogP contribution in [0, 0.1) is 22.7 Å². The summed E-state index contributed by atoms with van der Waals surface area (Å²) in [5.74, 6) is 0.649. The molecule has 2 atom stereocenters. The first-order valence-corrected chi connectivity index (χ1v) is 4.92. The van der Waals surface area contributed by atoms with E-state index >= 15 is 0 Å². The van der Waals surface area contributed by atoms with Crippen molar-refractivity contribution in [1.29, 1.82) is 5.26 Å². The Labute approximate surface area is 80.5 Å². The van der Waals surface area contributed by atoms with Gasteiger partial charge in [0, 0.05) is 26.1 Å². The first-order valence-electron chi connectivity index (χ1n) is 4.92. The van der Waals surface area contributed by atoms with Crippen molar-refractivity contribution < 1.29 is 0 Å². The van der Waals surface area contributed by atoms with Crippen LogP contribution < -0.4 is 5.73 Å². The summed E-state index contributed by atoms with van der Waals surface area (Å²) in [4.78, 5) is 2.35. The molecule has 74 valence electrons. The number of hydrogen-bond donors (Lipinski definition) is 1. The smallest absolute Gasteiger partial charge is 0.0635 e. The maximum atomic E-state index is 8.48. The SMILES string of the molecule is CC1CN(CCC#N)CC1(C)CN. The molecule has 1 fully saturated rings. The Morgan fingerprint density at radius 3 is 2.85 bits per heavy atom. The second-order valence-corrected chi connectivity index (χ2v) is 4.40. The van der Waals surface area contributed by atoms with Crippen LogP contribution in [0.15, 0.2) is 0 Å². The molecule has 3 heteroatoms. The van der Waals surface area contributed by atoms with Gasteiger partial charge in [0.2, 0.25) is 0 Å². The third-order valence-electron chi connectivity index (χ3n) is 3.31. The Balaban J connectivity index is 2.46. The van der Waals surface area contributed by atoms with E-state index in [1.54, 1.807) is 0 Å². The van der Waals surface area contributed by atoms with E-state index in [0.29, 0.717) is 12.3 Å². The molecule has 0 saturated carbocycles. The van der Waals surface area contributed by atoms with Gasteiger partial charge in [-0.2, -0.15) is 5.26 Å². The molecule has 0 aromatic heterocycles. The molecule has 1 aliphatic rings. The van der Waals surface area contributed by atoms with Gasteiger partial charge in [0.05, 0.1) is 6.07 Å². The van der Waals surface area contributed by atoms with Crippen molar-refractivity contribution >= 4 is 0 Å². The summed E-state index contributed by atoms with van der Waals surface area (Å²) in [6.45, 7) is 8.28. The molecule has 0 bridgehead atoms. The summed E-state index contributed by atoms with van der Waals surface area (Å²) in [5.41, 5.74) is 6.02. The summed E-state index contributed by atoms with van der Waals surface area (Å²) in [7, 11) is 0. The van der Waals surface area contributed by atoms with Crippen molar-refractivity contribution in [2.24, 2.45) is 17.1 Å². The van der Waals surface area contributed by atoms with Gasteiger partial charge in [0.1, 0.15) is 0 Å². The number of nitrogens with two attached hydrogens (primary N) is 1. The lowest BCUT2D eigenvalue weighted by molar-refractivity contribution is 0.263. The van der Waals surface area contributed by atoms with E-state index < -0.39 is 0 Å². The van der Waals surface area contributed by atoms with Crippen LogP contribution in [0.3, 0.4) is 0 Å². The average molecular weight is 181 g/mol. The molecular weight excluding hydrogens is 162 g/mol. The molecule has 13 heavy (non-hydrogen) atoms. The van der Waals surface area contributed by atoms with Crippen molar-refractivity contribution in [3.05, 3.63) is 0 Å². The third kappa shape index (κ3) is 2.20. The van der Waals surface area contributed by atoms with Crippen molar-refractivity contribution in [3.8, 4) is 6.07 Å². The largest absolute Gasteiger partial charge is 0.330 e. The van der Waals surface area contributed by atoms with Crippen LogP contribution in [0.25, 0.3) is 0 Å². The zero-order valence-electron chi connectivity index (χ0n) is 8.58. The van der Waals surface area contributed by atoms with Crippen LogP contribution in [0.1, 0.15) is 20.3 Å². The molecule has 1 saturated heterocycles. The summed E-state index contributed by atoms with van der Waals surface area (Å²) in [5, 5.41) is 8.48. The molecular formula is C10H19N3. The van der Waals surface area contributed by atoms with E-state index in [-0.39, 0.29) is 5.41 Å². The van der Waals surface area contributed by atoms with Crippen molar-refractivity contribution in [2.45, 2.75) is 20.3 Å². The van der Waals surface area contributed by atoms with Crippen LogP contribution >= 0.6 is 0 Å². The number of hydrogen-bond acceptors (Lipinski definition) is 3. The molecule has 1 rings (SSSR count). The van der Waals surface area contributed by atoms with E-state index in [4.69, 9.17) is 11.0 Å². The van der Waals surface area contributed by atoms with Crippen LogP contribution in [0.4, 0.5) is 0 Å². The second-order valence-electron chi connectivity index (χ2n) is 4.40. The summed E-state index contributed by atoms with van der Waals surface area (Å²) in [6, 6.07) is 2.18. The van der Waals surface area contributed by atoms with E-state index in [1.165, 1.54) is 0 Å². The van der Waals surface area contributed by atoms with Gasteiger partial charge in [0.15, 0.2) is 0 Å². The monoisotopic (exact) mass is 181 g/mol. The zero-order valence-corrected chi connectivity index (χ0v) is 8.58. The Kier molecular flexibility index (Phi) is 3.29. The molecule has 0 aromatic rings. The highest BCUT2D eigenvalue weighted by molar-refractivity contribution is 4.92. The normalized spacial score (nSPS) is 34.8. The quantitative estimate of drug-likeness (QED) is 0.701. The lowest BCUT2D eigenvalue weighted by Crippen LogP contribution is -2.34. The van der Waals surface area contributed by atoms with Gasteiger partial charge >= 0.3 is 0 Å². The fraction of sp³-hybridized carbons (Fsp3) is 0.900. The van der Waals surface area contributed by atoms with Crippen LogP contribution in [0.2, 0.25) is 0 Å². The van der Waals surface area contributed by atoms with E-state index in [1.807, 2.05) is 0 Å². The molecule has 1 heterocycles. The predicted octanol–water partition coefficient (Wildman–Crippen LogP) is 0.817. The van der Waals surface area contributed by atoms with Crippen LogP contribution in [-0.2, 0) is 0 Å². The zero-order chi connectivity index (χ0) is 9.90. The highest BCUT2D eigenvalue weighted by atomic mass is 15.2. The molecule has 0 spiro atoms. The molecule has 2 N–H and O–H groups in total. The van der Waals surface area contributed by atoms with Crippen LogP contribution in [0.5, 0.6) is 0 Å². The molecule has 1 aliphatic heterocycles. The molecule has 2 unspecified atom stereocenters. The van der Waals surface area contributed by atoms with Gasteiger partial charge in [-0.3, -0.25) is 0 Å². The van der Waals surface area contributed by atoms with Crippen molar-refractivity contribution in [3.63, 3.8) is 0 Å². The first-order chi connectivity index (χ1) is 6.12. The van der Waals surface area contributed by atoms with Gasteiger partial charge in [-0.05, 0) is 17.9 Å². The summed E-state index contributed by atoms with van der Waals surface area (Å²) >= 11 is 0. The molecule has 3 nitrogen and oxygen atoms in total. The summed E-state index contributed by atoms with van der Waals surface area (Å²) < 4.78 is 0. The predicted molar refractivity (Wildman–Crippen MR) is 53.0 cm³/mol. The van der Waals surface area contributed by atoms with Crippen molar-refractivity contribution in [2.75, 3.05) is 26.2 Å². The van der Waals surface area contributed by atoms with E-state index in [0.717, 1.165) is 26.2 Å². The second kappa shape index (κ2) is 4.08. The standard InChI is InChI=1S/C10H19N3/c1-9-6-13(5-3-4-11)8-10(9,2)7-12/h9H,3,5-8,12H2,1-2H3. The Morgan fingerprint density at radius 1 is 1.69 bits per heavy atom. The maximum Gasteiger partial charge on any atom is 0.0635 e. The lowest BCUT2D eigenvalue weighted by atomic mass is 9.81. The number of nitriles is 1. The Hall–Kier alpha value is -0.590. The lowest BCUT2D eigenvalue weighted by Gasteiger charge is -2.26. The van der Waals surface area contributed by atoms with Gasteiger partial charge in [-0.15, -0.1) is 0 Å². The molecule has 0 aliphatic carbocycles. The Bertz CT molecular complexity index is 209.